The highest BCUT2D eigenvalue weighted by Gasteiger charge is 2.44. The van der Waals surface area contributed by atoms with E-state index in [1.54, 1.807) is 16.7 Å². The summed E-state index contributed by atoms with van der Waals surface area (Å²) in [6.45, 7) is 2.12. The van der Waals surface area contributed by atoms with Crippen LogP contribution in [0.1, 0.15) is 41.4 Å². The van der Waals surface area contributed by atoms with Crippen LogP contribution in [0.5, 0.6) is 0 Å². The highest BCUT2D eigenvalue weighted by molar-refractivity contribution is 5.98. The highest BCUT2D eigenvalue weighted by Crippen LogP contribution is 2.48. The fraction of sp³-hybridized carbons (Fsp3) is 0.471. The summed E-state index contributed by atoms with van der Waals surface area (Å²) in [6, 6.07) is 5.27. The summed E-state index contributed by atoms with van der Waals surface area (Å²) in [7, 11) is 0. The third-order valence-corrected chi connectivity index (χ3v) is 5.78. The summed E-state index contributed by atoms with van der Waals surface area (Å²) in [4.78, 5) is 26.0. The summed E-state index contributed by atoms with van der Waals surface area (Å²) in [5.74, 6) is 0.504. The van der Waals surface area contributed by atoms with E-state index >= 15 is 0 Å². The zero-order valence-corrected chi connectivity index (χ0v) is 12.7. The van der Waals surface area contributed by atoms with Crippen LogP contribution in [0, 0.1) is 16.0 Å². The third kappa shape index (κ3) is 1.64. The number of carbonyl (C=O) groups is 1. The Hall–Kier alpha value is -2.21. The molecule has 1 aromatic carbocycles. The molecule has 2 aromatic rings. The molecule has 3 aliphatic rings. The minimum Gasteiger partial charge on any atom is -0.294 e. The quantitative estimate of drug-likeness (QED) is 0.600. The Morgan fingerprint density at radius 1 is 1.26 bits per heavy atom. The molecular weight excluding hydrogens is 294 g/mol. The second-order valence-electron chi connectivity index (χ2n) is 6.89. The van der Waals surface area contributed by atoms with Crippen molar-refractivity contribution in [2.24, 2.45) is 5.92 Å². The van der Waals surface area contributed by atoms with Crippen LogP contribution in [0.3, 0.4) is 0 Å². The first-order valence-corrected chi connectivity index (χ1v) is 8.24. The Labute approximate surface area is 132 Å². The number of fused-ring (bicyclic) bond motifs is 3. The average Bonchev–Trinajstić information content (AvgIpc) is 2.89. The van der Waals surface area contributed by atoms with Gasteiger partial charge in [0.1, 0.15) is 0 Å². The molecule has 1 saturated heterocycles. The molecule has 0 radical (unpaired) electrons. The Morgan fingerprint density at radius 2 is 2.13 bits per heavy atom. The van der Waals surface area contributed by atoms with Crippen molar-refractivity contribution in [2.75, 3.05) is 13.1 Å². The fourth-order valence-electron chi connectivity index (χ4n) is 4.90. The Kier molecular flexibility index (Phi) is 2.54. The van der Waals surface area contributed by atoms with E-state index in [0.717, 1.165) is 48.9 Å². The number of nitro benzene ring substituents is 1. The molecule has 0 saturated carbocycles. The molecular formula is C17H17N3O3. The van der Waals surface area contributed by atoms with Crippen LogP contribution < -0.4 is 0 Å². The molecule has 0 aliphatic carbocycles. The van der Waals surface area contributed by atoms with Crippen molar-refractivity contribution >= 4 is 22.5 Å². The van der Waals surface area contributed by atoms with Gasteiger partial charge in [0.15, 0.2) is 0 Å². The van der Waals surface area contributed by atoms with Crippen molar-refractivity contribution < 1.29 is 9.72 Å². The average molecular weight is 311 g/mol. The van der Waals surface area contributed by atoms with Gasteiger partial charge in [-0.1, -0.05) is 0 Å². The van der Waals surface area contributed by atoms with Gasteiger partial charge in [-0.3, -0.25) is 24.4 Å². The smallest absolute Gasteiger partial charge is 0.271 e. The summed E-state index contributed by atoms with van der Waals surface area (Å²) >= 11 is 0. The maximum atomic E-state index is 12.8. The second kappa shape index (κ2) is 4.41. The molecule has 0 bridgehead atoms. The molecule has 1 aromatic heterocycles. The summed E-state index contributed by atoms with van der Waals surface area (Å²) in [5.41, 5.74) is 3.13. The highest BCUT2D eigenvalue weighted by atomic mass is 16.6. The molecule has 0 N–H and O–H groups in total. The van der Waals surface area contributed by atoms with E-state index in [9.17, 15) is 14.9 Å². The minimum atomic E-state index is -0.387. The Bertz CT molecular complexity index is 870. The third-order valence-electron chi connectivity index (χ3n) is 5.78. The molecule has 23 heavy (non-hydrogen) atoms. The first-order valence-electron chi connectivity index (χ1n) is 8.24. The van der Waals surface area contributed by atoms with Crippen LogP contribution in [0.2, 0.25) is 0 Å². The lowest BCUT2D eigenvalue weighted by atomic mass is 9.79. The van der Waals surface area contributed by atoms with Crippen molar-refractivity contribution in [1.82, 2.24) is 9.47 Å². The number of nitrogens with zero attached hydrogens (tertiary/aromatic N) is 3. The van der Waals surface area contributed by atoms with Crippen molar-refractivity contribution in [1.29, 1.82) is 0 Å². The van der Waals surface area contributed by atoms with E-state index in [1.807, 2.05) is 6.07 Å². The monoisotopic (exact) mass is 311 g/mol. The predicted molar refractivity (Wildman–Crippen MR) is 84.6 cm³/mol. The molecule has 1 fully saturated rings. The lowest BCUT2D eigenvalue weighted by molar-refractivity contribution is -0.384. The van der Waals surface area contributed by atoms with Crippen molar-refractivity contribution in [3.63, 3.8) is 0 Å². The van der Waals surface area contributed by atoms with Gasteiger partial charge >= 0.3 is 0 Å². The molecule has 6 heteroatoms. The number of rotatable bonds is 1. The molecule has 6 nitrogen and oxygen atoms in total. The number of hydrogen-bond donors (Lipinski definition) is 0. The zero-order chi connectivity index (χ0) is 15.7. The van der Waals surface area contributed by atoms with E-state index in [2.05, 4.69) is 4.90 Å². The maximum absolute atomic E-state index is 12.8. The predicted octanol–water partition coefficient (Wildman–Crippen LogP) is 2.90. The van der Waals surface area contributed by atoms with E-state index in [0.29, 0.717) is 18.4 Å². The lowest BCUT2D eigenvalue weighted by Gasteiger charge is -2.46. The van der Waals surface area contributed by atoms with Gasteiger partial charge in [0.25, 0.3) is 5.69 Å². The molecule has 3 aliphatic heterocycles. The largest absolute Gasteiger partial charge is 0.294 e. The number of non-ortho nitro benzene ring substituents is 1. The van der Waals surface area contributed by atoms with Crippen LogP contribution >= 0.6 is 0 Å². The van der Waals surface area contributed by atoms with Gasteiger partial charge in [-0.25, -0.2) is 0 Å². The Balaban J connectivity index is 1.83. The van der Waals surface area contributed by atoms with Gasteiger partial charge in [0.05, 0.1) is 16.5 Å². The van der Waals surface area contributed by atoms with Gasteiger partial charge in [-0.2, -0.15) is 0 Å². The van der Waals surface area contributed by atoms with Crippen molar-refractivity contribution in [3.8, 4) is 0 Å². The van der Waals surface area contributed by atoms with E-state index in [-0.39, 0.29) is 16.5 Å². The van der Waals surface area contributed by atoms with Gasteiger partial charge < -0.3 is 0 Å². The summed E-state index contributed by atoms with van der Waals surface area (Å²) in [6.07, 6.45) is 3.75. The van der Waals surface area contributed by atoms with Gasteiger partial charge in [-0.05, 0) is 43.4 Å². The molecule has 2 atom stereocenters. The molecule has 0 amide bonds. The number of hydrogen-bond acceptors (Lipinski definition) is 4. The van der Waals surface area contributed by atoms with Crippen LogP contribution in [-0.4, -0.2) is 33.4 Å². The van der Waals surface area contributed by atoms with Gasteiger partial charge in [0.2, 0.25) is 5.91 Å². The normalized spacial score (nSPS) is 26.3. The molecule has 0 spiro atoms. The van der Waals surface area contributed by atoms with E-state index < -0.39 is 0 Å². The van der Waals surface area contributed by atoms with Gasteiger partial charge in [0, 0.05) is 36.2 Å². The first-order chi connectivity index (χ1) is 11.1. The topological polar surface area (TPSA) is 68.4 Å². The van der Waals surface area contributed by atoms with Crippen LogP contribution in [0.4, 0.5) is 5.69 Å². The second-order valence-corrected chi connectivity index (χ2v) is 6.89. The number of carbonyl (C=O) groups excluding carboxylic acids is 1. The molecule has 4 heterocycles. The fourth-order valence-corrected chi connectivity index (χ4v) is 4.90. The lowest BCUT2D eigenvalue weighted by Crippen LogP contribution is -2.47. The maximum Gasteiger partial charge on any atom is 0.271 e. The van der Waals surface area contributed by atoms with Crippen molar-refractivity contribution in [3.05, 3.63) is 39.6 Å². The number of benzene rings is 1. The number of piperidine rings is 1. The first kappa shape index (κ1) is 13.2. The van der Waals surface area contributed by atoms with E-state index in [4.69, 9.17) is 0 Å². The Morgan fingerprint density at radius 3 is 2.96 bits per heavy atom. The summed E-state index contributed by atoms with van der Waals surface area (Å²) in [5, 5.41) is 12.1. The number of nitro groups is 1. The van der Waals surface area contributed by atoms with Crippen LogP contribution in [0.15, 0.2) is 18.2 Å². The summed E-state index contributed by atoms with van der Waals surface area (Å²) < 4.78 is 1.79. The molecule has 5 rings (SSSR count). The number of aromatic nitrogens is 1. The van der Waals surface area contributed by atoms with E-state index in [1.165, 1.54) is 5.56 Å². The van der Waals surface area contributed by atoms with Crippen LogP contribution in [0.25, 0.3) is 10.9 Å². The van der Waals surface area contributed by atoms with Crippen LogP contribution in [-0.2, 0) is 6.42 Å². The van der Waals surface area contributed by atoms with Gasteiger partial charge in [-0.15, -0.1) is 0 Å². The zero-order valence-electron chi connectivity index (χ0n) is 12.7. The SMILES string of the molecule is O=C1C[C@@H]2CCCN3CCc4c(n1c1cc([N+](=O)[O-])ccc41)[C@@H]23. The van der Waals surface area contributed by atoms with Crippen molar-refractivity contribution in [2.45, 2.75) is 31.7 Å². The molecule has 118 valence electrons. The standard InChI is InChI=1S/C17H17N3O3/c21-15-8-10-2-1-6-18-7-5-13-12-4-3-11(20(22)23)9-14(12)19(15)17(13)16(10)18/h3-4,9-10,16H,1-2,5-8H2/t10-,16+/m0/s1. The minimum absolute atomic E-state index is 0.0546. The molecule has 0 unspecified atom stereocenters.